The summed E-state index contributed by atoms with van der Waals surface area (Å²) in [5.41, 5.74) is 0.901. The van der Waals surface area contributed by atoms with Gasteiger partial charge in [-0.2, -0.15) is 0 Å². The number of carbonyl (C=O) groups is 1. The first-order valence-electron chi connectivity index (χ1n) is 5.86. The summed E-state index contributed by atoms with van der Waals surface area (Å²) in [7, 11) is 0. The van der Waals surface area contributed by atoms with Gasteiger partial charge in [0.15, 0.2) is 17.2 Å². The molecule has 0 bridgehead atoms. The van der Waals surface area contributed by atoms with Gasteiger partial charge in [0.2, 0.25) is 0 Å². The second-order valence-electron chi connectivity index (χ2n) is 4.21. The molecule has 2 aromatic rings. The number of rotatable bonds is 2. The number of aromatic carboxylic acids is 1. The number of halogens is 1. The van der Waals surface area contributed by atoms with E-state index >= 15 is 0 Å². The predicted octanol–water partition coefficient (Wildman–Crippen LogP) is 3.35. The first-order valence-corrected chi connectivity index (χ1v) is 7.47. The van der Waals surface area contributed by atoms with Gasteiger partial charge in [-0.3, -0.25) is 0 Å². The topological polar surface area (TPSA) is 68.7 Å². The predicted molar refractivity (Wildman–Crippen MR) is 77.9 cm³/mol. The molecule has 3 rings (SSSR count). The van der Waals surface area contributed by atoms with Gasteiger partial charge in [-0.25, -0.2) is 9.78 Å². The maximum absolute atomic E-state index is 11.1. The number of aryl methyl sites for hydroxylation is 1. The van der Waals surface area contributed by atoms with Crippen LogP contribution in [-0.2, 0) is 0 Å². The number of thiazole rings is 1. The van der Waals surface area contributed by atoms with Crippen LogP contribution in [0.4, 0.5) is 0 Å². The second kappa shape index (κ2) is 5.06. The standard InChI is InChI=1S/C13H10BrNO4S/c1-6-10(13(16)17)15-12(20-6)7-4-8(14)11-9(5-7)18-2-3-19-11/h4-5H,2-3H2,1H3,(H,16,17). The highest BCUT2D eigenvalue weighted by Gasteiger charge is 2.20. The number of fused-ring (bicyclic) bond motifs is 1. The smallest absolute Gasteiger partial charge is 0.355 e. The zero-order valence-corrected chi connectivity index (χ0v) is 12.9. The van der Waals surface area contributed by atoms with Gasteiger partial charge in [-0.15, -0.1) is 11.3 Å². The summed E-state index contributed by atoms with van der Waals surface area (Å²) in [5, 5.41) is 9.71. The summed E-state index contributed by atoms with van der Waals surface area (Å²) < 4.78 is 11.9. The zero-order valence-electron chi connectivity index (χ0n) is 10.5. The molecule has 7 heteroatoms. The van der Waals surface area contributed by atoms with E-state index in [9.17, 15) is 4.79 Å². The van der Waals surface area contributed by atoms with E-state index in [1.165, 1.54) is 11.3 Å². The molecule has 0 radical (unpaired) electrons. The Hall–Kier alpha value is -1.60. The van der Waals surface area contributed by atoms with Gasteiger partial charge in [0, 0.05) is 10.4 Å². The fraction of sp³-hybridized carbons (Fsp3) is 0.231. The van der Waals surface area contributed by atoms with Crippen LogP contribution in [0.2, 0.25) is 0 Å². The molecule has 0 saturated carbocycles. The van der Waals surface area contributed by atoms with Crippen LogP contribution in [0.1, 0.15) is 15.4 Å². The van der Waals surface area contributed by atoms with Crippen molar-refractivity contribution in [2.75, 3.05) is 13.2 Å². The molecule has 0 unspecified atom stereocenters. The average Bonchev–Trinajstić information content (AvgIpc) is 2.81. The number of aromatic nitrogens is 1. The number of carboxylic acid groups (broad SMARTS) is 1. The lowest BCUT2D eigenvalue weighted by Gasteiger charge is -2.20. The van der Waals surface area contributed by atoms with Crippen LogP contribution in [-0.4, -0.2) is 29.3 Å². The van der Waals surface area contributed by atoms with Crippen molar-refractivity contribution in [2.45, 2.75) is 6.92 Å². The van der Waals surface area contributed by atoms with Crippen LogP contribution in [0.3, 0.4) is 0 Å². The Kier molecular flexibility index (Phi) is 3.39. The van der Waals surface area contributed by atoms with E-state index in [-0.39, 0.29) is 5.69 Å². The highest BCUT2D eigenvalue weighted by Crippen LogP contribution is 2.42. The maximum atomic E-state index is 11.1. The van der Waals surface area contributed by atoms with Crippen molar-refractivity contribution in [3.05, 3.63) is 27.2 Å². The minimum atomic E-state index is -1.01. The molecule has 5 nitrogen and oxygen atoms in total. The van der Waals surface area contributed by atoms with E-state index < -0.39 is 5.97 Å². The SMILES string of the molecule is Cc1sc(-c2cc(Br)c3c(c2)OCCO3)nc1C(=O)O. The lowest BCUT2D eigenvalue weighted by Crippen LogP contribution is -2.15. The van der Waals surface area contributed by atoms with Gasteiger partial charge in [0.1, 0.15) is 18.2 Å². The van der Waals surface area contributed by atoms with Crippen LogP contribution in [0.15, 0.2) is 16.6 Å². The van der Waals surface area contributed by atoms with Crippen molar-refractivity contribution < 1.29 is 19.4 Å². The fourth-order valence-corrected chi connectivity index (χ4v) is 3.40. The Morgan fingerprint density at radius 3 is 2.85 bits per heavy atom. The number of carboxylic acids is 1. The Morgan fingerprint density at radius 1 is 1.40 bits per heavy atom. The minimum Gasteiger partial charge on any atom is -0.486 e. The van der Waals surface area contributed by atoms with E-state index in [1.807, 2.05) is 12.1 Å². The maximum Gasteiger partial charge on any atom is 0.355 e. The summed E-state index contributed by atoms with van der Waals surface area (Å²) in [5.74, 6) is 0.304. The van der Waals surface area contributed by atoms with Gasteiger partial charge in [0.05, 0.1) is 4.47 Å². The molecule has 0 spiro atoms. The van der Waals surface area contributed by atoms with Crippen molar-refractivity contribution in [1.82, 2.24) is 4.98 Å². The van der Waals surface area contributed by atoms with Crippen LogP contribution in [0, 0.1) is 6.92 Å². The monoisotopic (exact) mass is 355 g/mol. The minimum absolute atomic E-state index is 0.0935. The highest BCUT2D eigenvalue weighted by atomic mass is 79.9. The van der Waals surface area contributed by atoms with E-state index in [1.54, 1.807) is 6.92 Å². The Balaban J connectivity index is 2.08. The molecular formula is C13H10BrNO4S. The molecule has 1 aliphatic rings. The van der Waals surface area contributed by atoms with E-state index in [4.69, 9.17) is 14.6 Å². The Morgan fingerprint density at radius 2 is 2.15 bits per heavy atom. The summed E-state index contributed by atoms with van der Waals surface area (Å²) in [6.07, 6.45) is 0. The molecule has 104 valence electrons. The van der Waals surface area contributed by atoms with E-state index in [0.29, 0.717) is 34.6 Å². The summed E-state index contributed by atoms with van der Waals surface area (Å²) in [4.78, 5) is 15.9. The van der Waals surface area contributed by atoms with Crippen LogP contribution in [0.25, 0.3) is 10.6 Å². The third-order valence-corrected chi connectivity index (χ3v) is 4.45. The zero-order chi connectivity index (χ0) is 14.3. The highest BCUT2D eigenvalue weighted by molar-refractivity contribution is 9.10. The summed E-state index contributed by atoms with van der Waals surface area (Å²) >= 11 is 4.79. The van der Waals surface area contributed by atoms with Crippen molar-refractivity contribution >= 4 is 33.2 Å². The molecule has 2 heterocycles. The van der Waals surface area contributed by atoms with Crippen LogP contribution >= 0.6 is 27.3 Å². The van der Waals surface area contributed by atoms with Crippen molar-refractivity contribution in [3.63, 3.8) is 0 Å². The molecule has 0 aliphatic carbocycles. The molecule has 1 aromatic heterocycles. The number of nitrogens with zero attached hydrogens (tertiary/aromatic N) is 1. The van der Waals surface area contributed by atoms with Crippen molar-refractivity contribution in [3.8, 4) is 22.1 Å². The molecule has 1 aromatic carbocycles. The molecule has 20 heavy (non-hydrogen) atoms. The molecular weight excluding hydrogens is 346 g/mol. The third-order valence-electron chi connectivity index (χ3n) is 2.84. The van der Waals surface area contributed by atoms with Crippen molar-refractivity contribution in [1.29, 1.82) is 0 Å². The van der Waals surface area contributed by atoms with Crippen LogP contribution in [0.5, 0.6) is 11.5 Å². The van der Waals surface area contributed by atoms with Gasteiger partial charge in [-0.05, 0) is 35.0 Å². The van der Waals surface area contributed by atoms with E-state index in [2.05, 4.69) is 20.9 Å². The summed E-state index contributed by atoms with van der Waals surface area (Å²) in [6, 6.07) is 3.68. The van der Waals surface area contributed by atoms with Gasteiger partial charge >= 0.3 is 5.97 Å². The first kappa shape index (κ1) is 13.4. The lowest BCUT2D eigenvalue weighted by molar-refractivity contribution is 0.0690. The average molecular weight is 356 g/mol. The number of benzene rings is 1. The van der Waals surface area contributed by atoms with Gasteiger partial charge in [0.25, 0.3) is 0 Å². The number of hydrogen-bond acceptors (Lipinski definition) is 5. The molecule has 0 fully saturated rings. The second-order valence-corrected chi connectivity index (χ2v) is 6.27. The number of hydrogen-bond donors (Lipinski definition) is 1. The molecule has 1 aliphatic heterocycles. The third kappa shape index (κ3) is 2.27. The van der Waals surface area contributed by atoms with Gasteiger partial charge < -0.3 is 14.6 Å². The number of ether oxygens (including phenoxy) is 2. The van der Waals surface area contributed by atoms with Crippen molar-refractivity contribution in [2.24, 2.45) is 0 Å². The first-order chi connectivity index (χ1) is 9.56. The van der Waals surface area contributed by atoms with Crippen LogP contribution < -0.4 is 9.47 Å². The normalized spacial score (nSPS) is 13.3. The van der Waals surface area contributed by atoms with Gasteiger partial charge in [-0.1, -0.05) is 0 Å². The quantitative estimate of drug-likeness (QED) is 0.894. The lowest BCUT2D eigenvalue weighted by atomic mass is 10.2. The summed E-state index contributed by atoms with van der Waals surface area (Å²) in [6.45, 7) is 2.77. The molecule has 0 atom stereocenters. The Labute approximate surface area is 127 Å². The largest absolute Gasteiger partial charge is 0.486 e. The van der Waals surface area contributed by atoms with E-state index in [0.717, 1.165) is 10.0 Å². The Bertz CT molecular complexity index is 698. The molecule has 0 amide bonds. The molecule has 1 N–H and O–H groups in total. The fourth-order valence-electron chi connectivity index (χ4n) is 1.95. The molecule has 0 saturated heterocycles.